The Morgan fingerprint density at radius 3 is 2.41 bits per heavy atom. The minimum absolute atomic E-state index is 0.00197. The number of hydrogen-bond donors (Lipinski definition) is 1. The molecule has 1 heterocycles. The van der Waals surface area contributed by atoms with Gasteiger partial charge in [0.2, 0.25) is 0 Å². The second kappa shape index (κ2) is 8.12. The zero-order chi connectivity index (χ0) is 20.2. The van der Waals surface area contributed by atoms with Crippen molar-refractivity contribution in [3.63, 3.8) is 0 Å². The molecule has 0 saturated carbocycles. The number of rotatable bonds is 5. The minimum atomic E-state index is -4.44. The molecule has 27 heavy (non-hydrogen) atoms. The van der Waals surface area contributed by atoms with Crippen molar-refractivity contribution in [1.82, 2.24) is 5.32 Å². The molecule has 1 N–H and O–H groups in total. The highest BCUT2D eigenvalue weighted by atomic mass is 32.2. The topological polar surface area (TPSA) is 89.5 Å². The van der Waals surface area contributed by atoms with E-state index in [9.17, 15) is 31.2 Å². The number of amides is 1. The number of benzene rings is 1. The lowest BCUT2D eigenvalue weighted by Gasteiger charge is -2.15. The van der Waals surface area contributed by atoms with Crippen LogP contribution in [0.3, 0.4) is 0 Å². The number of carbonyl (C=O) groups is 2. The predicted molar refractivity (Wildman–Crippen MR) is 91.2 cm³/mol. The first-order valence-corrected chi connectivity index (χ1v) is 9.85. The van der Waals surface area contributed by atoms with Crippen LogP contribution in [0.5, 0.6) is 0 Å². The SMILES string of the molecule is C[C@@H](OC(=O)/C=C/c1ccc(C(F)(F)F)cc1)C(=O)N[C@H]1CCS(=O)(=O)C1. The number of hydrogen-bond acceptors (Lipinski definition) is 5. The van der Waals surface area contributed by atoms with Gasteiger partial charge in [0.25, 0.3) is 5.91 Å². The third-order valence-corrected chi connectivity index (χ3v) is 5.66. The minimum Gasteiger partial charge on any atom is -0.449 e. The average molecular weight is 405 g/mol. The van der Waals surface area contributed by atoms with E-state index in [2.05, 4.69) is 5.32 Å². The van der Waals surface area contributed by atoms with Crippen LogP contribution >= 0.6 is 0 Å². The van der Waals surface area contributed by atoms with Gasteiger partial charge in [0.15, 0.2) is 15.9 Å². The summed E-state index contributed by atoms with van der Waals surface area (Å²) < 4.78 is 65.1. The Hall–Kier alpha value is -2.36. The molecule has 148 valence electrons. The van der Waals surface area contributed by atoms with Crippen molar-refractivity contribution in [2.75, 3.05) is 11.5 Å². The summed E-state index contributed by atoms with van der Waals surface area (Å²) in [5.41, 5.74) is -0.449. The second-order valence-corrected chi connectivity index (χ2v) is 8.37. The molecule has 1 amide bonds. The summed E-state index contributed by atoms with van der Waals surface area (Å²) in [6, 6.07) is 3.66. The highest BCUT2D eigenvalue weighted by Crippen LogP contribution is 2.29. The lowest BCUT2D eigenvalue weighted by atomic mass is 10.1. The first kappa shape index (κ1) is 20.9. The molecule has 0 radical (unpaired) electrons. The molecule has 0 spiro atoms. The third kappa shape index (κ3) is 6.38. The zero-order valence-electron chi connectivity index (χ0n) is 14.3. The lowest BCUT2D eigenvalue weighted by Crippen LogP contribution is -2.42. The highest BCUT2D eigenvalue weighted by molar-refractivity contribution is 7.91. The number of ether oxygens (including phenoxy) is 1. The van der Waals surface area contributed by atoms with Gasteiger partial charge in [-0.25, -0.2) is 13.2 Å². The summed E-state index contributed by atoms with van der Waals surface area (Å²) in [5, 5.41) is 2.51. The van der Waals surface area contributed by atoms with Crippen molar-refractivity contribution < 1.29 is 35.9 Å². The molecule has 2 rings (SSSR count). The molecule has 2 atom stereocenters. The van der Waals surface area contributed by atoms with Gasteiger partial charge in [-0.15, -0.1) is 0 Å². The van der Waals surface area contributed by atoms with Crippen molar-refractivity contribution in [1.29, 1.82) is 0 Å². The maximum Gasteiger partial charge on any atom is 0.416 e. The molecule has 0 unspecified atom stereocenters. The van der Waals surface area contributed by atoms with E-state index >= 15 is 0 Å². The van der Waals surface area contributed by atoms with E-state index in [1.54, 1.807) is 0 Å². The van der Waals surface area contributed by atoms with E-state index in [0.29, 0.717) is 12.0 Å². The van der Waals surface area contributed by atoms with Gasteiger partial charge in [-0.2, -0.15) is 13.2 Å². The molecular formula is C17H18F3NO5S. The summed E-state index contributed by atoms with van der Waals surface area (Å²) in [7, 11) is -3.15. The van der Waals surface area contributed by atoms with Crippen molar-refractivity contribution in [3.8, 4) is 0 Å². The van der Waals surface area contributed by atoms with E-state index < -0.39 is 45.6 Å². The van der Waals surface area contributed by atoms with Gasteiger partial charge in [0.1, 0.15) is 0 Å². The van der Waals surface area contributed by atoms with Crippen LogP contribution in [0.1, 0.15) is 24.5 Å². The van der Waals surface area contributed by atoms with Gasteiger partial charge >= 0.3 is 12.1 Å². The Balaban J connectivity index is 1.85. The maximum absolute atomic E-state index is 12.5. The van der Waals surface area contributed by atoms with E-state index in [0.717, 1.165) is 18.2 Å². The number of alkyl halides is 3. The van der Waals surface area contributed by atoms with Crippen LogP contribution in [0.4, 0.5) is 13.2 Å². The number of sulfone groups is 1. The van der Waals surface area contributed by atoms with E-state index in [1.165, 1.54) is 25.1 Å². The van der Waals surface area contributed by atoms with E-state index in [1.807, 2.05) is 0 Å². The Morgan fingerprint density at radius 2 is 1.89 bits per heavy atom. The van der Waals surface area contributed by atoms with Crippen LogP contribution in [0.25, 0.3) is 6.08 Å². The first-order chi connectivity index (χ1) is 12.5. The molecule has 1 aliphatic rings. The molecular weight excluding hydrogens is 387 g/mol. The molecule has 1 aromatic carbocycles. The van der Waals surface area contributed by atoms with E-state index in [4.69, 9.17) is 4.74 Å². The Morgan fingerprint density at radius 1 is 1.26 bits per heavy atom. The standard InChI is InChI=1S/C17H18F3NO5S/c1-11(16(23)21-14-8-9-27(24,25)10-14)26-15(22)7-4-12-2-5-13(6-3-12)17(18,19)20/h2-7,11,14H,8-10H2,1H3,(H,21,23)/b7-4+/t11-,14+/m1/s1. The maximum atomic E-state index is 12.5. The largest absolute Gasteiger partial charge is 0.449 e. The average Bonchev–Trinajstić information content (AvgIpc) is 2.91. The number of nitrogens with one attached hydrogen (secondary N) is 1. The monoisotopic (exact) mass is 405 g/mol. The predicted octanol–water partition coefficient (Wildman–Crippen LogP) is 1.95. The van der Waals surface area contributed by atoms with Crippen LogP contribution < -0.4 is 5.32 Å². The second-order valence-electron chi connectivity index (χ2n) is 6.14. The van der Waals surface area contributed by atoms with Gasteiger partial charge in [-0.1, -0.05) is 12.1 Å². The van der Waals surface area contributed by atoms with Gasteiger partial charge in [-0.05, 0) is 37.1 Å². The van der Waals surface area contributed by atoms with Crippen LogP contribution in [0, 0.1) is 0 Å². The Labute approximate surface area is 154 Å². The molecule has 6 nitrogen and oxygen atoms in total. The van der Waals surface area contributed by atoms with Crippen LogP contribution in [-0.4, -0.2) is 43.9 Å². The molecule has 1 fully saturated rings. The molecule has 1 saturated heterocycles. The van der Waals surface area contributed by atoms with Crippen LogP contribution in [0.15, 0.2) is 30.3 Å². The van der Waals surface area contributed by atoms with Crippen LogP contribution in [0.2, 0.25) is 0 Å². The van der Waals surface area contributed by atoms with E-state index in [-0.39, 0.29) is 11.5 Å². The summed E-state index contributed by atoms with van der Waals surface area (Å²) in [6.45, 7) is 1.34. The molecule has 0 bridgehead atoms. The summed E-state index contributed by atoms with van der Waals surface area (Å²) in [4.78, 5) is 23.7. The van der Waals surface area contributed by atoms with Crippen molar-refractivity contribution in [3.05, 3.63) is 41.5 Å². The number of carbonyl (C=O) groups excluding carboxylic acids is 2. The molecule has 10 heteroatoms. The fourth-order valence-electron chi connectivity index (χ4n) is 2.44. The van der Waals surface area contributed by atoms with Crippen LogP contribution in [-0.2, 0) is 30.3 Å². The molecule has 0 aliphatic carbocycles. The quantitative estimate of drug-likeness (QED) is 0.598. The Kier molecular flexibility index (Phi) is 6.30. The highest BCUT2D eigenvalue weighted by Gasteiger charge is 2.31. The van der Waals surface area contributed by atoms with Gasteiger partial charge < -0.3 is 10.1 Å². The van der Waals surface area contributed by atoms with Crippen molar-refractivity contribution in [2.45, 2.75) is 31.7 Å². The van der Waals surface area contributed by atoms with Gasteiger partial charge in [-0.3, -0.25) is 4.79 Å². The summed E-state index contributed by atoms with van der Waals surface area (Å²) in [5.74, 6) is -1.61. The zero-order valence-corrected chi connectivity index (χ0v) is 15.1. The smallest absolute Gasteiger partial charge is 0.416 e. The summed E-state index contributed by atoms with van der Waals surface area (Å²) >= 11 is 0. The van der Waals surface area contributed by atoms with Gasteiger partial charge in [0.05, 0.1) is 17.1 Å². The van der Waals surface area contributed by atoms with Crippen molar-refractivity contribution >= 4 is 27.8 Å². The third-order valence-electron chi connectivity index (χ3n) is 3.89. The fraction of sp³-hybridized carbons (Fsp3) is 0.412. The normalized spacial score (nSPS) is 20.4. The summed E-state index contributed by atoms with van der Waals surface area (Å²) in [6.07, 6.45) is -3.02. The fourth-order valence-corrected chi connectivity index (χ4v) is 4.12. The Bertz CT molecular complexity index is 831. The number of esters is 1. The molecule has 0 aromatic heterocycles. The molecule has 1 aliphatic heterocycles. The van der Waals surface area contributed by atoms with Gasteiger partial charge in [0, 0.05) is 12.1 Å². The molecule has 1 aromatic rings. The lowest BCUT2D eigenvalue weighted by molar-refractivity contribution is -0.150. The number of halogens is 3. The van der Waals surface area contributed by atoms with Crippen molar-refractivity contribution in [2.24, 2.45) is 0 Å². The first-order valence-electron chi connectivity index (χ1n) is 8.03.